The number of ketones is 2. The van der Waals surface area contributed by atoms with Crippen LogP contribution in [0, 0.1) is 0 Å². The topological polar surface area (TPSA) is 133 Å². The number of carbonyl (C=O) groups excluding carboxylic acids is 6. The minimum absolute atomic E-state index is 0.0506. The molecule has 12 heteroatoms. The van der Waals surface area contributed by atoms with E-state index in [0.717, 1.165) is 25.7 Å². The Hall–Kier alpha value is -2.02. The van der Waals surface area contributed by atoms with Crippen molar-refractivity contribution in [2.24, 2.45) is 0 Å². The lowest BCUT2D eigenvalue weighted by molar-refractivity contribution is -0.139. The summed E-state index contributed by atoms with van der Waals surface area (Å²) in [6.07, 6.45) is 6.59. The van der Waals surface area contributed by atoms with Crippen LogP contribution < -0.4 is 10.6 Å². The number of likely N-dealkylation sites (N-methyl/N-ethyl adjacent to an activating group) is 2. The number of nitrogens with zero attached hydrogens (tertiary/aromatic N) is 2. The predicted octanol–water partition coefficient (Wildman–Crippen LogP) is 1.63. The molecular weight excluding hydrogens is 528 g/mol. The van der Waals surface area contributed by atoms with Crippen LogP contribution in [0.3, 0.4) is 0 Å². The molecule has 216 valence electrons. The summed E-state index contributed by atoms with van der Waals surface area (Å²) in [6.45, 7) is 8.21. The number of nitrogens with one attached hydrogen (secondary N) is 2. The van der Waals surface area contributed by atoms with Crippen LogP contribution in [0.2, 0.25) is 0 Å². The van der Waals surface area contributed by atoms with E-state index in [1.807, 2.05) is 13.8 Å². The van der Waals surface area contributed by atoms with Gasteiger partial charge in [0.15, 0.2) is 0 Å². The predicted molar refractivity (Wildman–Crippen MR) is 154 cm³/mol. The van der Waals surface area contributed by atoms with Crippen molar-refractivity contribution >= 4 is 59.6 Å². The van der Waals surface area contributed by atoms with Gasteiger partial charge < -0.3 is 10.6 Å². The SMILES string of the molecule is CCCCN1C(=O)C=CC1=O.CCCCN1C(=O)CC(SCC(NC)C(C)=O)C1=O.CNC(CS)C(C)=O. The van der Waals surface area contributed by atoms with Crippen molar-refractivity contribution in [3.05, 3.63) is 12.2 Å². The van der Waals surface area contributed by atoms with Gasteiger partial charge in [-0.05, 0) is 40.8 Å². The molecule has 0 saturated carbocycles. The highest BCUT2D eigenvalue weighted by Gasteiger charge is 2.38. The summed E-state index contributed by atoms with van der Waals surface area (Å²) in [5.41, 5.74) is 0. The molecule has 0 radical (unpaired) electrons. The third-order valence-electron chi connectivity index (χ3n) is 5.90. The fourth-order valence-electron chi connectivity index (χ4n) is 3.34. The third-order valence-corrected chi connectivity index (χ3v) is 7.56. The molecule has 3 unspecified atom stereocenters. The fourth-order valence-corrected chi connectivity index (χ4v) is 5.14. The first-order valence-corrected chi connectivity index (χ1v) is 14.6. The van der Waals surface area contributed by atoms with E-state index in [4.69, 9.17) is 0 Å². The zero-order valence-corrected chi connectivity index (χ0v) is 25.2. The molecule has 0 aromatic rings. The van der Waals surface area contributed by atoms with Crippen molar-refractivity contribution in [1.82, 2.24) is 20.4 Å². The van der Waals surface area contributed by atoms with Crippen LogP contribution >= 0.6 is 24.4 Å². The third kappa shape index (κ3) is 12.7. The molecule has 1 saturated heterocycles. The first-order valence-electron chi connectivity index (χ1n) is 12.9. The zero-order valence-electron chi connectivity index (χ0n) is 23.5. The summed E-state index contributed by atoms with van der Waals surface area (Å²) < 4.78 is 0. The highest BCUT2D eigenvalue weighted by molar-refractivity contribution is 8.00. The molecule has 2 heterocycles. The summed E-state index contributed by atoms with van der Waals surface area (Å²) in [7, 11) is 3.48. The molecule has 0 aromatic carbocycles. The number of hydrogen-bond acceptors (Lipinski definition) is 10. The molecule has 1 fully saturated rings. The Balaban J connectivity index is 0.000000607. The molecule has 0 spiro atoms. The molecule has 2 N–H and O–H groups in total. The molecule has 2 aliphatic heterocycles. The Morgan fingerprint density at radius 1 is 0.921 bits per heavy atom. The molecule has 0 aromatic heterocycles. The van der Waals surface area contributed by atoms with Crippen molar-refractivity contribution in [3.8, 4) is 0 Å². The fraction of sp³-hybridized carbons (Fsp3) is 0.692. The van der Waals surface area contributed by atoms with Gasteiger partial charge in [-0.25, -0.2) is 0 Å². The van der Waals surface area contributed by atoms with E-state index >= 15 is 0 Å². The Bertz CT molecular complexity index is 830. The van der Waals surface area contributed by atoms with Crippen molar-refractivity contribution in [2.45, 2.75) is 77.1 Å². The largest absolute Gasteiger partial charge is 0.310 e. The molecule has 0 aliphatic carbocycles. The lowest BCUT2D eigenvalue weighted by Gasteiger charge is -2.16. The highest BCUT2D eigenvalue weighted by Crippen LogP contribution is 2.26. The number of amides is 4. The number of thioether (sulfide) groups is 1. The van der Waals surface area contributed by atoms with Crippen LogP contribution in [0.15, 0.2) is 12.2 Å². The van der Waals surface area contributed by atoms with Crippen molar-refractivity contribution < 1.29 is 28.8 Å². The van der Waals surface area contributed by atoms with E-state index in [1.54, 1.807) is 21.0 Å². The van der Waals surface area contributed by atoms with Crippen molar-refractivity contribution in [1.29, 1.82) is 0 Å². The summed E-state index contributed by atoms with van der Waals surface area (Å²) >= 11 is 5.35. The maximum absolute atomic E-state index is 12.1. The first kappa shape index (κ1) is 36.0. The number of imide groups is 2. The van der Waals surface area contributed by atoms with Gasteiger partial charge in [0.2, 0.25) is 11.8 Å². The van der Waals surface area contributed by atoms with Gasteiger partial charge in [-0.3, -0.25) is 38.6 Å². The van der Waals surface area contributed by atoms with E-state index < -0.39 is 0 Å². The maximum Gasteiger partial charge on any atom is 0.253 e. The average Bonchev–Trinajstić information content (AvgIpc) is 3.34. The van der Waals surface area contributed by atoms with Gasteiger partial charge in [0.25, 0.3) is 11.8 Å². The summed E-state index contributed by atoms with van der Waals surface area (Å²) in [5, 5.41) is 5.42. The standard InChI is InChI=1S/C13H22N2O3S.C8H11NO2.C5H11NOS/c1-4-5-6-15-12(17)7-11(13(15)18)19-8-10(14-3)9(2)16;1-2-3-6-9-7(10)4-5-8(9)11;1-4(7)5(3-8)6-2/h10-11,14H,4-8H2,1-3H3;4-5H,2-3,6H2,1H3;5-6,8H,3H2,1-2H3. The van der Waals surface area contributed by atoms with E-state index in [9.17, 15) is 28.8 Å². The first-order chi connectivity index (χ1) is 18.0. The Morgan fingerprint density at radius 3 is 1.76 bits per heavy atom. The van der Waals surface area contributed by atoms with Crippen LogP contribution in [-0.4, -0.2) is 101 Å². The van der Waals surface area contributed by atoms with Gasteiger partial charge in [0, 0.05) is 43.2 Å². The molecule has 2 rings (SSSR count). The smallest absolute Gasteiger partial charge is 0.253 e. The Kier molecular flexibility index (Phi) is 18.9. The van der Waals surface area contributed by atoms with Gasteiger partial charge >= 0.3 is 0 Å². The van der Waals surface area contributed by atoms with Gasteiger partial charge in [0.1, 0.15) is 11.6 Å². The minimum atomic E-state index is -0.320. The van der Waals surface area contributed by atoms with Gasteiger partial charge in [-0.1, -0.05) is 26.7 Å². The number of rotatable bonds is 14. The maximum atomic E-state index is 12.1. The molecule has 4 amide bonds. The van der Waals surface area contributed by atoms with Gasteiger partial charge in [0.05, 0.1) is 17.3 Å². The monoisotopic (exact) mass is 572 g/mol. The molecule has 3 atom stereocenters. The van der Waals surface area contributed by atoms with Crippen molar-refractivity contribution in [2.75, 3.05) is 38.7 Å². The lowest BCUT2D eigenvalue weighted by atomic mass is 10.2. The van der Waals surface area contributed by atoms with Crippen LogP contribution in [-0.2, 0) is 28.8 Å². The number of thiol groups is 1. The summed E-state index contributed by atoms with van der Waals surface area (Å²) in [6, 6.07) is -0.323. The second-order valence-corrected chi connectivity index (χ2v) is 10.5. The molecular formula is C26H44N4O6S2. The van der Waals surface area contributed by atoms with Gasteiger partial charge in [-0.15, -0.1) is 11.8 Å². The molecule has 2 aliphatic rings. The van der Waals surface area contributed by atoms with E-state index in [1.165, 1.54) is 40.6 Å². The number of hydrogen-bond donors (Lipinski definition) is 3. The average molecular weight is 573 g/mol. The number of carbonyl (C=O) groups is 6. The summed E-state index contributed by atoms with van der Waals surface area (Å²) in [5.74, 6) is 0.758. The van der Waals surface area contributed by atoms with E-state index in [2.05, 4.69) is 23.3 Å². The van der Waals surface area contributed by atoms with E-state index in [-0.39, 0.29) is 58.9 Å². The highest BCUT2D eigenvalue weighted by atomic mass is 32.2. The number of unbranched alkanes of at least 4 members (excludes halogenated alkanes) is 2. The van der Waals surface area contributed by atoms with Crippen LogP contribution in [0.4, 0.5) is 0 Å². The molecule has 10 nitrogen and oxygen atoms in total. The Morgan fingerprint density at radius 2 is 1.39 bits per heavy atom. The van der Waals surface area contributed by atoms with Crippen molar-refractivity contribution in [3.63, 3.8) is 0 Å². The summed E-state index contributed by atoms with van der Waals surface area (Å²) in [4.78, 5) is 70.1. The normalized spacial score (nSPS) is 18.1. The van der Waals surface area contributed by atoms with E-state index in [0.29, 0.717) is 24.6 Å². The number of Topliss-reactive ketones (excluding diaryl/α,β-unsaturated/α-hetero) is 2. The van der Waals surface area contributed by atoms with Crippen LogP contribution in [0.5, 0.6) is 0 Å². The lowest BCUT2D eigenvalue weighted by Crippen LogP contribution is -2.36. The van der Waals surface area contributed by atoms with Gasteiger partial charge in [-0.2, -0.15) is 12.6 Å². The minimum Gasteiger partial charge on any atom is -0.310 e. The van der Waals surface area contributed by atoms with Crippen LogP contribution in [0.25, 0.3) is 0 Å². The molecule has 38 heavy (non-hydrogen) atoms. The quantitative estimate of drug-likeness (QED) is 0.210. The second kappa shape index (κ2) is 20.0. The van der Waals surface area contributed by atoms with Crippen LogP contribution in [0.1, 0.15) is 59.8 Å². The second-order valence-electron chi connectivity index (χ2n) is 8.86. The zero-order chi connectivity index (χ0) is 29.3. The number of likely N-dealkylation sites (tertiary alicyclic amines) is 1. The molecule has 0 bridgehead atoms. The Labute approximate surface area is 236 Å².